The largest absolute Gasteiger partial charge is 0.468 e. The highest BCUT2D eigenvalue weighted by Crippen LogP contribution is 2.33. The van der Waals surface area contributed by atoms with Crippen molar-refractivity contribution in [2.24, 2.45) is 11.8 Å². The number of carbonyl (C=O) groups excluding carboxylic acids is 1. The van der Waals surface area contributed by atoms with Crippen LogP contribution in [0.15, 0.2) is 47.3 Å². The molecule has 5 nitrogen and oxygen atoms in total. The number of amides is 1. The summed E-state index contributed by atoms with van der Waals surface area (Å²) in [6.07, 6.45) is 6.41. The van der Waals surface area contributed by atoms with Crippen molar-refractivity contribution in [2.75, 3.05) is 19.6 Å². The Balaban J connectivity index is 1.40. The molecule has 2 fully saturated rings. The van der Waals surface area contributed by atoms with Gasteiger partial charge in [0.2, 0.25) is 5.91 Å². The molecule has 1 amide bonds. The molecule has 2 saturated heterocycles. The lowest BCUT2D eigenvalue weighted by Gasteiger charge is -2.33. The molecule has 2 unspecified atom stereocenters. The Kier molecular flexibility index (Phi) is 3.87. The standard InChI is InChI=1S/C18H21N3O2/c22-18-17-13-20(12-16-4-2-8-23-16)11-15(17)5-7-21(18)10-14-3-1-6-19-9-14/h1-4,6,8-9,15,17H,5,7,10-13H2. The van der Waals surface area contributed by atoms with Crippen LogP contribution in [-0.4, -0.2) is 40.3 Å². The van der Waals surface area contributed by atoms with E-state index < -0.39 is 0 Å². The Labute approximate surface area is 135 Å². The van der Waals surface area contributed by atoms with Crippen molar-refractivity contribution >= 4 is 5.91 Å². The van der Waals surface area contributed by atoms with E-state index in [0.29, 0.717) is 18.4 Å². The highest BCUT2D eigenvalue weighted by atomic mass is 16.3. The summed E-state index contributed by atoms with van der Waals surface area (Å²) < 4.78 is 5.43. The zero-order valence-corrected chi connectivity index (χ0v) is 13.1. The summed E-state index contributed by atoms with van der Waals surface area (Å²) in [5.41, 5.74) is 1.10. The third-order valence-corrected chi connectivity index (χ3v) is 4.97. The molecule has 2 aromatic heterocycles. The predicted octanol–water partition coefficient (Wildman–Crippen LogP) is 2.16. The zero-order chi connectivity index (χ0) is 15.6. The highest BCUT2D eigenvalue weighted by molar-refractivity contribution is 5.80. The van der Waals surface area contributed by atoms with Gasteiger partial charge >= 0.3 is 0 Å². The van der Waals surface area contributed by atoms with E-state index in [1.54, 1.807) is 12.5 Å². The van der Waals surface area contributed by atoms with Crippen molar-refractivity contribution in [3.63, 3.8) is 0 Å². The molecule has 0 N–H and O–H groups in total. The number of pyridine rings is 1. The first-order valence-electron chi connectivity index (χ1n) is 8.22. The van der Waals surface area contributed by atoms with Gasteiger partial charge in [-0.1, -0.05) is 6.07 Å². The maximum atomic E-state index is 12.8. The molecule has 2 aliphatic heterocycles. The Morgan fingerprint density at radius 3 is 2.96 bits per heavy atom. The van der Waals surface area contributed by atoms with Crippen LogP contribution in [-0.2, 0) is 17.9 Å². The lowest BCUT2D eigenvalue weighted by atomic mass is 9.88. The minimum absolute atomic E-state index is 0.135. The molecule has 0 spiro atoms. The predicted molar refractivity (Wildman–Crippen MR) is 85.2 cm³/mol. The molecule has 0 bridgehead atoms. The number of rotatable bonds is 4. The van der Waals surface area contributed by atoms with E-state index in [1.165, 1.54) is 0 Å². The van der Waals surface area contributed by atoms with Crippen molar-refractivity contribution in [3.05, 3.63) is 54.2 Å². The molecule has 120 valence electrons. The topological polar surface area (TPSA) is 49.6 Å². The Morgan fingerprint density at radius 1 is 1.22 bits per heavy atom. The molecule has 0 aromatic carbocycles. The van der Waals surface area contributed by atoms with E-state index in [2.05, 4.69) is 9.88 Å². The van der Waals surface area contributed by atoms with Gasteiger partial charge in [0.05, 0.1) is 18.7 Å². The Morgan fingerprint density at radius 2 is 2.17 bits per heavy atom. The van der Waals surface area contributed by atoms with E-state index in [0.717, 1.165) is 43.9 Å². The fraction of sp³-hybridized carbons (Fsp3) is 0.444. The second-order valence-corrected chi connectivity index (χ2v) is 6.55. The van der Waals surface area contributed by atoms with Crippen LogP contribution < -0.4 is 0 Å². The van der Waals surface area contributed by atoms with Gasteiger partial charge in [0.1, 0.15) is 5.76 Å². The number of carbonyl (C=O) groups is 1. The van der Waals surface area contributed by atoms with Gasteiger partial charge in [0.15, 0.2) is 0 Å². The minimum atomic E-state index is 0.135. The normalized spacial score (nSPS) is 24.9. The number of furan rings is 1. The van der Waals surface area contributed by atoms with Crippen LogP contribution in [0.3, 0.4) is 0 Å². The number of nitrogens with zero attached hydrogens (tertiary/aromatic N) is 3. The molecule has 2 atom stereocenters. The highest BCUT2D eigenvalue weighted by Gasteiger charge is 2.42. The van der Waals surface area contributed by atoms with Gasteiger partial charge < -0.3 is 9.32 Å². The zero-order valence-electron chi connectivity index (χ0n) is 13.1. The first-order valence-corrected chi connectivity index (χ1v) is 8.22. The third-order valence-electron chi connectivity index (χ3n) is 4.97. The van der Waals surface area contributed by atoms with Gasteiger partial charge in [-0.05, 0) is 36.1 Å². The van der Waals surface area contributed by atoms with E-state index in [1.807, 2.05) is 35.4 Å². The van der Waals surface area contributed by atoms with Crippen LogP contribution >= 0.6 is 0 Å². The van der Waals surface area contributed by atoms with Crippen LogP contribution in [0.4, 0.5) is 0 Å². The molecule has 5 heteroatoms. The van der Waals surface area contributed by atoms with E-state index >= 15 is 0 Å². The average molecular weight is 311 g/mol. The monoisotopic (exact) mass is 311 g/mol. The van der Waals surface area contributed by atoms with Gasteiger partial charge in [-0.25, -0.2) is 0 Å². The molecule has 0 saturated carbocycles. The number of aromatic nitrogens is 1. The van der Waals surface area contributed by atoms with Crippen molar-refractivity contribution in [1.29, 1.82) is 0 Å². The summed E-state index contributed by atoms with van der Waals surface area (Å²) in [6, 6.07) is 7.87. The number of fused-ring (bicyclic) bond motifs is 1. The lowest BCUT2D eigenvalue weighted by Crippen LogP contribution is -2.44. The van der Waals surface area contributed by atoms with Crippen molar-refractivity contribution in [3.8, 4) is 0 Å². The number of hydrogen-bond acceptors (Lipinski definition) is 4. The van der Waals surface area contributed by atoms with Gasteiger partial charge in [-0.2, -0.15) is 0 Å². The van der Waals surface area contributed by atoms with Crippen LogP contribution in [0.1, 0.15) is 17.7 Å². The van der Waals surface area contributed by atoms with Crippen LogP contribution in [0.25, 0.3) is 0 Å². The third kappa shape index (κ3) is 3.01. The second kappa shape index (κ2) is 6.16. The molecule has 4 heterocycles. The summed E-state index contributed by atoms with van der Waals surface area (Å²) in [4.78, 5) is 21.3. The Hall–Kier alpha value is -2.14. The van der Waals surface area contributed by atoms with E-state index in [-0.39, 0.29) is 5.92 Å². The molecular weight excluding hydrogens is 290 g/mol. The molecular formula is C18H21N3O2. The summed E-state index contributed by atoms with van der Waals surface area (Å²) in [6.45, 7) is 4.17. The first-order chi connectivity index (χ1) is 11.3. The SMILES string of the molecule is O=C1C2CN(Cc3ccco3)CC2CCN1Cc1cccnc1. The summed E-state index contributed by atoms with van der Waals surface area (Å²) in [5.74, 6) is 1.90. The van der Waals surface area contributed by atoms with Crippen molar-refractivity contribution in [2.45, 2.75) is 19.5 Å². The molecule has 2 aliphatic rings. The van der Waals surface area contributed by atoms with Crippen molar-refractivity contribution in [1.82, 2.24) is 14.8 Å². The summed E-state index contributed by atoms with van der Waals surface area (Å²) in [7, 11) is 0. The Bertz CT molecular complexity index is 656. The maximum Gasteiger partial charge on any atom is 0.227 e. The lowest BCUT2D eigenvalue weighted by molar-refractivity contribution is -0.140. The first kappa shape index (κ1) is 14.5. The summed E-state index contributed by atoms with van der Waals surface area (Å²) in [5, 5.41) is 0. The van der Waals surface area contributed by atoms with Gasteiger partial charge in [0.25, 0.3) is 0 Å². The van der Waals surface area contributed by atoms with Gasteiger partial charge in [0, 0.05) is 38.6 Å². The van der Waals surface area contributed by atoms with Gasteiger partial charge in [-0.3, -0.25) is 14.7 Å². The maximum absolute atomic E-state index is 12.8. The quantitative estimate of drug-likeness (QED) is 0.868. The smallest absolute Gasteiger partial charge is 0.227 e. The van der Waals surface area contributed by atoms with E-state index in [4.69, 9.17) is 4.42 Å². The minimum Gasteiger partial charge on any atom is -0.468 e. The number of likely N-dealkylation sites (tertiary alicyclic amines) is 2. The van der Waals surface area contributed by atoms with Crippen LogP contribution in [0, 0.1) is 11.8 Å². The number of piperidine rings is 1. The van der Waals surface area contributed by atoms with Crippen LogP contribution in [0.2, 0.25) is 0 Å². The second-order valence-electron chi connectivity index (χ2n) is 6.55. The van der Waals surface area contributed by atoms with Gasteiger partial charge in [-0.15, -0.1) is 0 Å². The molecule has 0 radical (unpaired) electrons. The molecule has 2 aromatic rings. The molecule has 23 heavy (non-hydrogen) atoms. The van der Waals surface area contributed by atoms with E-state index in [9.17, 15) is 4.79 Å². The molecule has 0 aliphatic carbocycles. The van der Waals surface area contributed by atoms with Crippen LogP contribution in [0.5, 0.6) is 0 Å². The van der Waals surface area contributed by atoms with Crippen molar-refractivity contribution < 1.29 is 9.21 Å². The summed E-state index contributed by atoms with van der Waals surface area (Å²) >= 11 is 0. The fourth-order valence-corrected chi connectivity index (χ4v) is 3.82. The number of hydrogen-bond donors (Lipinski definition) is 0. The average Bonchev–Trinajstić information content (AvgIpc) is 3.21. The molecule has 4 rings (SSSR count). The fourth-order valence-electron chi connectivity index (χ4n) is 3.82.